The number of halogens is 2. The quantitative estimate of drug-likeness (QED) is 0.596. The lowest BCUT2D eigenvalue weighted by molar-refractivity contribution is -0.135. The van der Waals surface area contributed by atoms with Crippen LogP contribution >= 0.6 is 0 Å². The molecule has 2 aromatic rings. The van der Waals surface area contributed by atoms with Crippen molar-refractivity contribution in [3.8, 4) is 0 Å². The molecular weight excluding hydrogens is 456 g/mol. The monoisotopic (exact) mass is 487 g/mol. The van der Waals surface area contributed by atoms with Crippen LogP contribution in [0.2, 0.25) is 0 Å². The minimum Gasteiger partial charge on any atom is -0.378 e. The van der Waals surface area contributed by atoms with Crippen LogP contribution in [-0.2, 0) is 14.4 Å². The summed E-state index contributed by atoms with van der Waals surface area (Å²) >= 11 is 0. The first-order chi connectivity index (χ1) is 16.7. The Hall–Kier alpha value is -3.17. The molecule has 1 unspecified atom stereocenters. The number of para-hydroxylation sites is 1. The Morgan fingerprint density at radius 3 is 2.23 bits per heavy atom. The Labute approximate surface area is 203 Å². The van der Waals surface area contributed by atoms with Crippen LogP contribution in [0.15, 0.2) is 48.5 Å². The van der Waals surface area contributed by atoms with E-state index in [4.69, 9.17) is 0 Å². The molecule has 0 aliphatic heterocycles. The van der Waals surface area contributed by atoms with Crippen molar-refractivity contribution in [3.05, 3.63) is 65.7 Å². The normalized spacial score (nSPS) is 15.9. The molecule has 2 aromatic carbocycles. The molecule has 2 N–H and O–H groups in total. The van der Waals surface area contributed by atoms with Crippen LogP contribution in [0.5, 0.6) is 0 Å². The van der Waals surface area contributed by atoms with Gasteiger partial charge in [-0.3, -0.25) is 19.3 Å². The van der Waals surface area contributed by atoms with Gasteiger partial charge in [-0.05, 0) is 56.6 Å². The van der Waals surface area contributed by atoms with Crippen molar-refractivity contribution in [2.24, 2.45) is 0 Å². The van der Waals surface area contributed by atoms with Gasteiger partial charge in [0.05, 0.1) is 12.2 Å². The lowest BCUT2D eigenvalue weighted by Gasteiger charge is -2.32. The van der Waals surface area contributed by atoms with Gasteiger partial charge in [0.1, 0.15) is 17.7 Å². The third-order valence-corrected chi connectivity index (χ3v) is 6.25. The van der Waals surface area contributed by atoms with Crippen molar-refractivity contribution < 1.29 is 28.3 Å². The van der Waals surface area contributed by atoms with Gasteiger partial charge >= 0.3 is 0 Å². The number of anilines is 1. The molecule has 9 heteroatoms. The fourth-order valence-corrected chi connectivity index (χ4v) is 4.34. The number of carbonyl (C=O) groups excluding carboxylic acids is 3. The number of hydrogen-bond donors (Lipinski definition) is 2. The van der Waals surface area contributed by atoms with Gasteiger partial charge in [0.15, 0.2) is 6.10 Å². The molecule has 35 heavy (non-hydrogen) atoms. The molecular formula is C26H31F2N3O4. The van der Waals surface area contributed by atoms with Crippen LogP contribution in [0.25, 0.3) is 0 Å². The van der Waals surface area contributed by atoms with Gasteiger partial charge in [0, 0.05) is 12.1 Å². The van der Waals surface area contributed by atoms with E-state index in [1.54, 1.807) is 30.3 Å². The van der Waals surface area contributed by atoms with Gasteiger partial charge in [0.25, 0.3) is 11.8 Å². The molecule has 0 aromatic heterocycles. The number of hydrogen-bond acceptors (Lipinski definition) is 5. The van der Waals surface area contributed by atoms with E-state index in [1.165, 1.54) is 13.3 Å². The molecule has 3 rings (SSSR count). The zero-order valence-corrected chi connectivity index (χ0v) is 19.9. The summed E-state index contributed by atoms with van der Waals surface area (Å²) in [4.78, 5) is 42.1. The molecule has 0 heterocycles. The Morgan fingerprint density at radius 1 is 1.03 bits per heavy atom. The highest BCUT2D eigenvalue weighted by Crippen LogP contribution is 2.23. The average molecular weight is 488 g/mol. The van der Waals surface area contributed by atoms with Gasteiger partial charge < -0.3 is 10.4 Å². The van der Waals surface area contributed by atoms with Gasteiger partial charge in [-0.1, -0.05) is 37.5 Å². The number of aliphatic hydroxyl groups is 1. The van der Waals surface area contributed by atoms with Crippen LogP contribution in [0.4, 0.5) is 14.5 Å². The standard InChI is InChI=1S/C26H31F2N3O4/c1-17(29-25(34)24(33)18-13-19(27)15-20(28)14-18)26(35)31(22-11-7-4-8-12-22)23(32)16-30(2)21-9-5-3-6-10-21/h4,7-8,11-15,17,21,24,33H,3,5-6,9-10,16H2,1-2H3,(H,29,34)/t17-,24?/m0/s1. The number of imide groups is 1. The van der Waals surface area contributed by atoms with Crippen LogP contribution in [-0.4, -0.2) is 53.4 Å². The van der Waals surface area contributed by atoms with Gasteiger partial charge in [0.2, 0.25) is 5.91 Å². The summed E-state index contributed by atoms with van der Waals surface area (Å²) in [5.41, 5.74) is 0.0677. The number of carbonyl (C=O) groups is 3. The molecule has 2 atom stereocenters. The smallest absolute Gasteiger partial charge is 0.256 e. The molecule has 7 nitrogen and oxygen atoms in total. The number of amides is 3. The van der Waals surface area contributed by atoms with E-state index < -0.39 is 41.5 Å². The SMILES string of the molecule is C[C@H](NC(=O)C(O)c1cc(F)cc(F)c1)C(=O)N(C(=O)CN(C)C1CCCCC1)c1ccccc1. The third-order valence-electron chi connectivity index (χ3n) is 6.25. The maximum absolute atomic E-state index is 13.5. The molecule has 0 radical (unpaired) electrons. The number of rotatable bonds is 8. The van der Waals surface area contributed by atoms with Crippen LogP contribution in [0, 0.1) is 11.6 Å². The Bertz CT molecular complexity index is 1020. The summed E-state index contributed by atoms with van der Waals surface area (Å²) in [6.45, 7) is 1.41. The highest BCUT2D eigenvalue weighted by molar-refractivity contribution is 6.17. The van der Waals surface area contributed by atoms with Crippen molar-refractivity contribution in [2.45, 2.75) is 57.2 Å². The fraction of sp³-hybridized carbons (Fsp3) is 0.423. The van der Waals surface area contributed by atoms with Crippen molar-refractivity contribution in [1.82, 2.24) is 10.2 Å². The predicted octanol–water partition coefficient (Wildman–Crippen LogP) is 3.33. The molecule has 1 saturated carbocycles. The molecule has 188 valence electrons. The van der Waals surface area contributed by atoms with Crippen molar-refractivity contribution in [2.75, 3.05) is 18.5 Å². The molecule has 0 spiro atoms. The van der Waals surface area contributed by atoms with E-state index in [0.29, 0.717) is 11.8 Å². The summed E-state index contributed by atoms with van der Waals surface area (Å²) < 4.78 is 27.0. The second-order valence-electron chi connectivity index (χ2n) is 8.95. The minimum absolute atomic E-state index is 0.0250. The first-order valence-corrected chi connectivity index (χ1v) is 11.7. The first kappa shape index (κ1) is 26.4. The molecule has 0 saturated heterocycles. The van der Waals surface area contributed by atoms with Crippen molar-refractivity contribution >= 4 is 23.4 Å². The second kappa shape index (κ2) is 12.0. The van der Waals surface area contributed by atoms with Gasteiger partial charge in [-0.25, -0.2) is 13.7 Å². The number of nitrogens with one attached hydrogen (secondary N) is 1. The summed E-state index contributed by atoms with van der Waals surface area (Å²) in [6, 6.07) is 9.74. The predicted molar refractivity (Wildman–Crippen MR) is 127 cm³/mol. The molecule has 1 fully saturated rings. The highest BCUT2D eigenvalue weighted by Gasteiger charge is 2.32. The Kier molecular flexibility index (Phi) is 9.06. The summed E-state index contributed by atoms with van der Waals surface area (Å²) in [5, 5.41) is 12.6. The molecule has 1 aliphatic rings. The van der Waals surface area contributed by atoms with Gasteiger partial charge in [-0.2, -0.15) is 0 Å². The van der Waals surface area contributed by atoms with Crippen molar-refractivity contribution in [1.29, 1.82) is 0 Å². The molecule has 0 bridgehead atoms. The highest BCUT2D eigenvalue weighted by atomic mass is 19.1. The summed E-state index contributed by atoms with van der Waals surface area (Å²) in [7, 11) is 1.86. The molecule has 1 aliphatic carbocycles. The van der Waals surface area contributed by atoms with E-state index in [2.05, 4.69) is 5.32 Å². The largest absolute Gasteiger partial charge is 0.378 e. The van der Waals surface area contributed by atoms with E-state index in [9.17, 15) is 28.3 Å². The maximum Gasteiger partial charge on any atom is 0.256 e. The lowest BCUT2D eigenvalue weighted by Crippen LogP contribution is -2.53. The Morgan fingerprint density at radius 2 is 1.63 bits per heavy atom. The number of aliphatic hydroxyl groups excluding tert-OH is 1. The Balaban J connectivity index is 1.74. The molecule has 3 amide bonds. The minimum atomic E-state index is -1.89. The van der Waals surface area contributed by atoms with E-state index in [0.717, 1.165) is 42.7 Å². The number of nitrogens with zero attached hydrogens (tertiary/aromatic N) is 2. The zero-order chi connectivity index (χ0) is 25.5. The lowest BCUT2D eigenvalue weighted by atomic mass is 9.94. The van der Waals surface area contributed by atoms with E-state index in [1.807, 2.05) is 11.9 Å². The van der Waals surface area contributed by atoms with Crippen LogP contribution < -0.4 is 10.2 Å². The summed E-state index contributed by atoms with van der Waals surface area (Å²) in [5.74, 6) is -4.04. The number of likely N-dealkylation sites (N-methyl/N-ethyl adjacent to an activating group) is 1. The topological polar surface area (TPSA) is 90.0 Å². The third kappa shape index (κ3) is 6.93. The maximum atomic E-state index is 13.5. The van der Waals surface area contributed by atoms with E-state index in [-0.39, 0.29) is 18.2 Å². The van der Waals surface area contributed by atoms with E-state index >= 15 is 0 Å². The summed E-state index contributed by atoms with van der Waals surface area (Å²) in [6.07, 6.45) is 3.48. The van der Waals surface area contributed by atoms with Crippen LogP contribution in [0.1, 0.15) is 50.7 Å². The van der Waals surface area contributed by atoms with Crippen LogP contribution in [0.3, 0.4) is 0 Å². The van der Waals surface area contributed by atoms with Gasteiger partial charge in [-0.15, -0.1) is 0 Å². The number of benzene rings is 2. The first-order valence-electron chi connectivity index (χ1n) is 11.7. The fourth-order valence-electron chi connectivity index (χ4n) is 4.34. The second-order valence-corrected chi connectivity index (χ2v) is 8.95. The van der Waals surface area contributed by atoms with Crippen molar-refractivity contribution in [3.63, 3.8) is 0 Å². The average Bonchev–Trinajstić information content (AvgIpc) is 2.84. The zero-order valence-electron chi connectivity index (χ0n) is 19.9.